The van der Waals surface area contributed by atoms with Gasteiger partial charge in [0.2, 0.25) is 5.95 Å². The molecule has 0 bridgehead atoms. The highest BCUT2D eigenvalue weighted by Crippen LogP contribution is 2.13. The van der Waals surface area contributed by atoms with E-state index >= 15 is 0 Å². The zero-order chi connectivity index (χ0) is 11.8. The number of anilines is 1. The molecule has 0 radical (unpaired) electrons. The maximum atomic E-state index is 4.58. The Bertz CT molecular complexity index is 533. The van der Waals surface area contributed by atoms with Gasteiger partial charge in [-0.1, -0.05) is 6.07 Å². The van der Waals surface area contributed by atoms with Gasteiger partial charge in [-0.3, -0.25) is 0 Å². The predicted octanol–water partition coefficient (Wildman–Crippen LogP) is 0.836. The molecule has 3 heterocycles. The Labute approximate surface area is 100 Å². The highest BCUT2D eigenvalue weighted by molar-refractivity contribution is 5.46. The molecule has 17 heavy (non-hydrogen) atoms. The molecule has 1 fully saturated rings. The van der Waals surface area contributed by atoms with Gasteiger partial charge in [-0.2, -0.15) is 4.98 Å². The molecule has 0 amide bonds. The second-order valence-corrected chi connectivity index (χ2v) is 4.65. The molecule has 0 aromatic carbocycles. The van der Waals surface area contributed by atoms with E-state index in [0.29, 0.717) is 6.04 Å². The highest BCUT2D eigenvalue weighted by Gasteiger charge is 2.19. The number of nitrogens with one attached hydrogen (secondary N) is 1. The van der Waals surface area contributed by atoms with Crippen LogP contribution in [0.1, 0.15) is 12.6 Å². The van der Waals surface area contributed by atoms with Gasteiger partial charge in [-0.15, -0.1) is 5.10 Å². The van der Waals surface area contributed by atoms with E-state index in [1.165, 1.54) is 0 Å². The van der Waals surface area contributed by atoms with Crippen LogP contribution in [-0.4, -0.2) is 40.3 Å². The van der Waals surface area contributed by atoms with Crippen molar-refractivity contribution in [3.63, 3.8) is 0 Å². The van der Waals surface area contributed by atoms with Gasteiger partial charge in [0.1, 0.15) is 0 Å². The number of nitrogens with zero attached hydrogens (tertiary/aromatic N) is 4. The lowest BCUT2D eigenvalue weighted by Crippen LogP contribution is -2.49. The molecular formula is C12H17N5. The number of aromatic nitrogens is 3. The fourth-order valence-corrected chi connectivity index (χ4v) is 2.27. The molecular weight excluding hydrogens is 214 g/mol. The van der Waals surface area contributed by atoms with Gasteiger partial charge in [-0.05, 0) is 26.0 Å². The smallest absolute Gasteiger partial charge is 0.245 e. The molecule has 1 saturated heterocycles. The van der Waals surface area contributed by atoms with Crippen LogP contribution < -0.4 is 10.2 Å². The first-order chi connectivity index (χ1) is 8.24. The van der Waals surface area contributed by atoms with E-state index in [-0.39, 0.29) is 0 Å². The Morgan fingerprint density at radius 2 is 2.29 bits per heavy atom. The zero-order valence-electron chi connectivity index (χ0n) is 10.2. The van der Waals surface area contributed by atoms with Crippen LogP contribution in [0, 0.1) is 6.92 Å². The molecule has 2 aromatic heterocycles. The Morgan fingerprint density at radius 3 is 3.06 bits per heavy atom. The van der Waals surface area contributed by atoms with Crippen LogP contribution in [-0.2, 0) is 0 Å². The van der Waals surface area contributed by atoms with Crippen LogP contribution in [0.15, 0.2) is 18.2 Å². The SMILES string of the molecule is Cc1cccc2nc(N3CCN[C@H](C)C3)nn12. The van der Waals surface area contributed by atoms with Crippen molar-refractivity contribution in [1.29, 1.82) is 0 Å². The number of pyridine rings is 1. The molecule has 5 heteroatoms. The van der Waals surface area contributed by atoms with Crippen molar-refractivity contribution >= 4 is 11.6 Å². The van der Waals surface area contributed by atoms with Gasteiger partial charge >= 0.3 is 0 Å². The molecule has 1 aliphatic rings. The lowest BCUT2D eigenvalue weighted by molar-refractivity contribution is 0.479. The summed E-state index contributed by atoms with van der Waals surface area (Å²) >= 11 is 0. The van der Waals surface area contributed by atoms with Crippen LogP contribution in [0.3, 0.4) is 0 Å². The highest BCUT2D eigenvalue weighted by atomic mass is 15.4. The van der Waals surface area contributed by atoms with E-state index in [1.54, 1.807) is 0 Å². The summed E-state index contributed by atoms with van der Waals surface area (Å²) in [5, 5.41) is 8.00. The third-order valence-electron chi connectivity index (χ3n) is 3.19. The number of piperazine rings is 1. The predicted molar refractivity (Wildman–Crippen MR) is 67.4 cm³/mol. The summed E-state index contributed by atoms with van der Waals surface area (Å²) in [6.07, 6.45) is 0. The van der Waals surface area contributed by atoms with Crippen LogP contribution in [0.25, 0.3) is 5.65 Å². The first kappa shape index (κ1) is 10.5. The topological polar surface area (TPSA) is 45.5 Å². The Hall–Kier alpha value is -1.62. The van der Waals surface area contributed by atoms with E-state index < -0.39 is 0 Å². The molecule has 1 N–H and O–H groups in total. The Balaban J connectivity index is 1.97. The molecule has 3 rings (SSSR count). The molecule has 90 valence electrons. The minimum atomic E-state index is 0.497. The normalized spacial score (nSPS) is 21.1. The summed E-state index contributed by atoms with van der Waals surface area (Å²) in [6, 6.07) is 6.56. The van der Waals surface area contributed by atoms with E-state index in [0.717, 1.165) is 36.9 Å². The standard InChI is InChI=1S/C12H17N5/c1-9-8-16(7-6-13-9)12-14-11-5-3-4-10(2)17(11)15-12/h3-5,9,13H,6-8H2,1-2H3/t9-/m1/s1. The lowest BCUT2D eigenvalue weighted by atomic mass is 10.2. The summed E-state index contributed by atoms with van der Waals surface area (Å²) < 4.78 is 1.90. The minimum absolute atomic E-state index is 0.497. The monoisotopic (exact) mass is 231 g/mol. The summed E-state index contributed by atoms with van der Waals surface area (Å²) in [5.74, 6) is 0.840. The van der Waals surface area contributed by atoms with Crippen LogP contribution >= 0.6 is 0 Å². The second kappa shape index (κ2) is 4.00. The molecule has 0 spiro atoms. The van der Waals surface area contributed by atoms with Crippen LogP contribution in [0.5, 0.6) is 0 Å². The average molecular weight is 231 g/mol. The minimum Gasteiger partial charge on any atom is -0.337 e. The van der Waals surface area contributed by atoms with Gasteiger partial charge in [-0.25, -0.2) is 4.52 Å². The molecule has 2 aromatic rings. The van der Waals surface area contributed by atoms with Crippen LogP contribution in [0.4, 0.5) is 5.95 Å². The Morgan fingerprint density at radius 1 is 1.41 bits per heavy atom. The second-order valence-electron chi connectivity index (χ2n) is 4.65. The number of fused-ring (bicyclic) bond motifs is 1. The average Bonchev–Trinajstić information content (AvgIpc) is 2.74. The van der Waals surface area contributed by atoms with Crippen molar-refractivity contribution in [3.8, 4) is 0 Å². The molecule has 0 aliphatic carbocycles. The van der Waals surface area contributed by atoms with Gasteiger partial charge in [0.25, 0.3) is 0 Å². The summed E-state index contributed by atoms with van der Waals surface area (Å²) in [7, 11) is 0. The number of aryl methyl sites for hydroxylation is 1. The first-order valence-electron chi connectivity index (χ1n) is 6.05. The number of hydrogen-bond donors (Lipinski definition) is 1. The van der Waals surface area contributed by atoms with Crippen molar-refractivity contribution in [2.75, 3.05) is 24.5 Å². The van der Waals surface area contributed by atoms with Crippen molar-refractivity contribution in [1.82, 2.24) is 19.9 Å². The van der Waals surface area contributed by atoms with Gasteiger partial charge in [0.05, 0.1) is 0 Å². The third-order valence-corrected chi connectivity index (χ3v) is 3.19. The van der Waals surface area contributed by atoms with Gasteiger partial charge < -0.3 is 10.2 Å². The van der Waals surface area contributed by atoms with E-state index in [1.807, 2.05) is 29.6 Å². The van der Waals surface area contributed by atoms with Crippen molar-refractivity contribution in [2.24, 2.45) is 0 Å². The number of hydrogen-bond acceptors (Lipinski definition) is 4. The van der Waals surface area contributed by atoms with E-state index in [2.05, 4.69) is 27.2 Å². The van der Waals surface area contributed by atoms with Crippen LogP contribution in [0.2, 0.25) is 0 Å². The maximum absolute atomic E-state index is 4.58. The largest absolute Gasteiger partial charge is 0.337 e. The van der Waals surface area contributed by atoms with Gasteiger partial charge in [0, 0.05) is 31.4 Å². The summed E-state index contributed by atoms with van der Waals surface area (Å²) in [5.41, 5.74) is 2.04. The quantitative estimate of drug-likeness (QED) is 0.790. The summed E-state index contributed by atoms with van der Waals surface area (Å²) in [6.45, 7) is 7.17. The maximum Gasteiger partial charge on any atom is 0.245 e. The van der Waals surface area contributed by atoms with E-state index in [9.17, 15) is 0 Å². The fourth-order valence-electron chi connectivity index (χ4n) is 2.27. The number of rotatable bonds is 1. The Kier molecular flexibility index (Phi) is 2.48. The lowest BCUT2D eigenvalue weighted by Gasteiger charge is -2.30. The molecule has 0 saturated carbocycles. The van der Waals surface area contributed by atoms with Crippen molar-refractivity contribution in [3.05, 3.63) is 23.9 Å². The van der Waals surface area contributed by atoms with E-state index in [4.69, 9.17) is 0 Å². The zero-order valence-corrected chi connectivity index (χ0v) is 10.2. The summed E-state index contributed by atoms with van der Waals surface area (Å²) in [4.78, 5) is 6.83. The molecule has 1 aliphatic heterocycles. The molecule has 1 atom stereocenters. The van der Waals surface area contributed by atoms with Crippen molar-refractivity contribution in [2.45, 2.75) is 19.9 Å². The third kappa shape index (κ3) is 1.86. The van der Waals surface area contributed by atoms with Crippen molar-refractivity contribution < 1.29 is 0 Å². The fraction of sp³-hybridized carbons (Fsp3) is 0.500. The van der Waals surface area contributed by atoms with Gasteiger partial charge in [0.15, 0.2) is 5.65 Å². The first-order valence-corrected chi connectivity index (χ1v) is 6.05. The molecule has 0 unspecified atom stereocenters. The molecule has 5 nitrogen and oxygen atoms in total.